The lowest BCUT2D eigenvalue weighted by Crippen LogP contribution is -2.43. The van der Waals surface area contributed by atoms with E-state index in [4.69, 9.17) is 0 Å². The minimum atomic E-state index is -0.0403. The first-order valence-corrected chi connectivity index (χ1v) is 7.58. The summed E-state index contributed by atoms with van der Waals surface area (Å²) in [6.07, 6.45) is 6.70. The lowest BCUT2D eigenvalue weighted by Gasteiger charge is -2.19. The molecule has 1 heterocycles. The Balaban J connectivity index is 1.57. The minimum absolute atomic E-state index is 0.0403. The van der Waals surface area contributed by atoms with Crippen LogP contribution in [-0.2, 0) is 0 Å². The molecule has 0 aromatic carbocycles. The molecule has 5 heteroatoms. The fourth-order valence-corrected chi connectivity index (χ4v) is 3.08. The van der Waals surface area contributed by atoms with Crippen molar-refractivity contribution >= 4 is 17.4 Å². The molecule has 0 radical (unpaired) electrons. The maximum Gasteiger partial charge on any atom is 0.315 e. The molecule has 0 aliphatic heterocycles. The first kappa shape index (κ1) is 12.0. The van der Waals surface area contributed by atoms with Gasteiger partial charge in [-0.3, -0.25) is 0 Å². The molecule has 2 aliphatic carbocycles. The molecular formula is C13H19N3OS. The average molecular weight is 265 g/mol. The van der Waals surface area contributed by atoms with Crippen LogP contribution in [0.25, 0.3) is 0 Å². The molecule has 2 aliphatic rings. The quantitative estimate of drug-likeness (QED) is 0.860. The number of hydrogen-bond acceptors (Lipinski definition) is 3. The highest BCUT2D eigenvalue weighted by atomic mass is 32.1. The number of nitrogens with one attached hydrogen (secondary N) is 2. The van der Waals surface area contributed by atoms with Gasteiger partial charge in [-0.15, -0.1) is 11.3 Å². The van der Waals surface area contributed by atoms with Crippen molar-refractivity contribution in [1.29, 1.82) is 0 Å². The molecule has 2 amide bonds. The van der Waals surface area contributed by atoms with Crippen LogP contribution in [0.5, 0.6) is 0 Å². The second-order valence-electron chi connectivity index (χ2n) is 5.43. The number of hydrogen-bond donors (Lipinski definition) is 2. The summed E-state index contributed by atoms with van der Waals surface area (Å²) in [5.74, 6) is 1.27. The summed E-state index contributed by atoms with van der Waals surface area (Å²) in [4.78, 5) is 16.3. The van der Waals surface area contributed by atoms with Gasteiger partial charge in [0.1, 0.15) is 5.01 Å². The normalized spacial score (nSPS) is 22.3. The maximum atomic E-state index is 12.0. The van der Waals surface area contributed by atoms with Crippen LogP contribution in [0.15, 0.2) is 11.6 Å². The van der Waals surface area contributed by atoms with Crippen LogP contribution < -0.4 is 10.6 Å². The van der Waals surface area contributed by atoms with Crippen LogP contribution in [-0.4, -0.2) is 17.1 Å². The standard InChI is InChI=1S/C13H19N3OS/c1-8(9-2-3-9)15-13(17)16-11(10-4-5-10)12-14-6-7-18-12/h6-11H,2-5H2,1H3,(H2,15,16,17)/t8-,11+/m1/s1. The Hall–Kier alpha value is -1.10. The fourth-order valence-electron chi connectivity index (χ4n) is 2.30. The zero-order chi connectivity index (χ0) is 12.5. The van der Waals surface area contributed by atoms with E-state index in [1.165, 1.54) is 25.7 Å². The first-order chi connectivity index (χ1) is 8.74. The first-order valence-electron chi connectivity index (χ1n) is 6.70. The predicted octanol–water partition coefficient (Wildman–Crippen LogP) is 2.69. The summed E-state index contributed by atoms with van der Waals surface area (Å²) < 4.78 is 0. The average Bonchev–Trinajstić information content (AvgIpc) is 3.24. The van der Waals surface area contributed by atoms with Crippen molar-refractivity contribution in [1.82, 2.24) is 15.6 Å². The van der Waals surface area contributed by atoms with Crippen molar-refractivity contribution in [2.75, 3.05) is 0 Å². The number of thiazole rings is 1. The van der Waals surface area contributed by atoms with Gasteiger partial charge in [0.15, 0.2) is 0 Å². The van der Waals surface area contributed by atoms with E-state index < -0.39 is 0 Å². The van der Waals surface area contributed by atoms with Gasteiger partial charge in [-0.05, 0) is 44.4 Å². The number of carbonyl (C=O) groups is 1. The van der Waals surface area contributed by atoms with Crippen LogP contribution in [0.1, 0.15) is 43.7 Å². The molecule has 0 unspecified atom stereocenters. The van der Waals surface area contributed by atoms with Crippen molar-refractivity contribution in [3.63, 3.8) is 0 Å². The van der Waals surface area contributed by atoms with Gasteiger partial charge in [0.25, 0.3) is 0 Å². The zero-order valence-electron chi connectivity index (χ0n) is 10.6. The number of carbonyl (C=O) groups excluding carboxylic acids is 1. The topological polar surface area (TPSA) is 54.0 Å². The van der Waals surface area contributed by atoms with Crippen molar-refractivity contribution in [2.24, 2.45) is 11.8 Å². The van der Waals surface area contributed by atoms with E-state index in [1.807, 2.05) is 11.6 Å². The van der Waals surface area contributed by atoms with Crippen LogP contribution in [0, 0.1) is 11.8 Å². The summed E-state index contributed by atoms with van der Waals surface area (Å²) in [6, 6.07) is 0.360. The monoisotopic (exact) mass is 265 g/mol. The van der Waals surface area contributed by atoms with Crippen molar-refractivity contribution in [3.8, 4) is 0 Å². The largest absolute Gasteiger partial charge is 0.335 e. The van der Waals surface area contributed by atoms with Gasteiger partial charge >= 0.3 is 6.03 Å². The third-order valence-electron chi connectivity index (χ3n) is 3.79. The van der Waals surface area contributed by atoms with E-state index in [2.05, 4.69) is 22.5 Å². The summed E-state index contributed by atoms with van der Waals surface area (Å²) in [5, 5.41) is 9.14. The van der Waals surface area contributed by atoms with Crippen molar-refractivity contribution in [3.05, 3.63) is 16.6 Å². The summed E-state index contributed by atoms with van der Waals surface area (Å²) >= 11 is 1.63. The molecule has 1 aromatic heterocycles. The van der Waals surface area contributed by atoms with E-state index in [0.29, 0.717) is 17.9 Å². The van der Waals surface area contributed by atoms with Gasteiger partial charge in [-0.25, -0.2) is 9.78 Å². The predicted molar refractivity (Wildman–Crippen MR) is 71.4 cm³/mol. The van der Waals surface area contributed by atoms with Gasteiger partial charge < -0.3 is 10.6 Å². The SMILES string of the molecule is C[C@@H](NC(=O)N[C@H](c1nccs1)C1CC1)C1CC1. The lowest BCUT2D eigenvalue weighted by molar-refractivity contribution is 0.231. The Morgan fingerprint density at radius 2 is 2.06 bits per heavy atom. The summed E-state index contributed by atoms with van der Waals surface area (Å²) in [5.41, 5.74) is 0. The smallest absolute Gasteiger partial charge is 0.315 e. The molecule has 0 spiro atoms. The molecule has 2 atom stereocenters. The Morgan fingerprint density at radius 3 is 2.61 bits per heavy atom. The van der Waals surface area contributed by atoms with E-state index in [-0.39, 0.29) is 12.1 Å². The van der Waals surface area contributed by atoms with Crippen molar-refractivity contribution < 1.29 is 4.79 Å². The number of aromatic nitrogens is 1. The van der Waals surface area contributed by atoms with Crippen LogP contribution in [0.3, 0.4) is 0 Å². The number of nitrogens with zero attached hydrogens (tertiary/aromatic N) is 1. The highest BCUT2D eigenvalue weighted by Gasteiger charge is 2.36. The molecule has 2 fully saturated rings. The Bertz CT molecular complexity index is 412. The third-order valence-corrected chi connectivity index (χ3v) is 4.64. The molecule has 2 saturated carbocycles. The Kier molecular flexibility index (Phi) is 3.24. The van der Waals surface area contributed by atoms with E-state index in [9.17, 15) is 4.79 Å². The molecule has 2 N–H and O–H groups in total. The van der Waals surface area contributed by atoms with Crippen molar-refractivity contribution in [2.45, 2.75) is 44.7 Å². The molecule has 18 heavy (non-hydrogen) atoms. The number of urea groups is 1. The fraction of sp³-hybridized carbons (Fsp3) is 0.692. The molecule has 0 saturated heterocycles. The number of amides is 2. The summed E-state index contributed by atoms with van der Waals surface area (Å²) in [6.45, 7) is 2.09. The molecular weight excluding hydrogens is 246 g/mol. The molecule has 98 valence electrons. The van der Waals surface area contributed by atoms with Gasteiger partial charge in [-0.1, -0.05) is 0 Å². The zero-order valence-corrected chi connectivity index (χ0v) is 11.4. The van der Waals surface area contributed by atoms with E-state index in [0.717, 1.165) is 5.01 Å². The minimum Gasteiger partial charge on any atom is -0.335 e. The molecule has 3 rings (SSSR count). The molecule has 0 bridgehead atoms. The highest BCUT2D eigenvalue weighted by molar-refractivity contribution is 7.09. The highest BCUT2D eigenvalue weighted by Crippen LogP contribution is 2.41. The van der Waals surface area contributed by atoms with Gasteiger partial charge in [0.05, 0.1) is 6.04 Å². The van der Waals surface area contributed by atoms with Crippen LogP contribution in [0.2, 0.25) is 0 Å². The van der Waals surface area contributed by atoms with Gasteiger partial charge in [-0.2, -0.15) is 0 Å². The van der Waals surface area contributed by atoms with E-state index >= 15 is 0 Å². The van der Waals surface area contributed by atoms with E-state index in [1.54, 1.807) is 11.3 Å². The second-order valence-corrected chi connectivity index (χ2v) is 6.36. The van der Waals surface area contributed by atoms with Crippen LogP contribution >= 0.6 is 11.3 Å². The maximum absolute atomic E-state index is 12.0. The molecule has 4 nitrogen and oxygen atoms in total. The second kappa shape index (κ2) is 4.88. The number of rotatable bonds is 5. The van der Waals surface area contributed by atoms with Gasteiger partial charge in [0.2, 0.25) is 0 Å². The Labute approximate surface area is 111 Å². The van der Waals surface area contributed by atoms with Gasteiger partial charge in [0, 0.05) is 17.6 Å². The summed E-state index contributed by atoms with van der Waals surface area (Å²) in [7, 11) is 0. The lowest BCUT2D eigenvalue weighted by atomic mass is 10.2. The van der Waals surface area contributed by atoms with Crippen LogP contribution in [0.4, 0.5) is 4.79 Å². The Morgan fingerprint density at radius 1 is 1.33 bits per heavy atom. The molecule has 1 aromatic rings. The third kappa shape index (κ3) is 2.83.